The number of rotatable bonds is 1. The lowest BCUT2D eigenvalue weighted by Crippen LogP contribution is -2.24. The molecule has 0 saturated heterocycles. The number of hydrogen-bond donors (Lipinski definition) is 2. The fourth-order valence-electron chi connectivity index (χ4n) is 0.827. The van der Waals surface area contributed by atoms with Gasteiger partial charge in [0.25, 0.3) is 0 Å². The molecule has 1 unspecified atom stereocenters. The highest BCUT2D eigenvalue weighted by Gasteiger charge is 2.06. The van der Waals surface area contributed by atoms with Crippen LogP contribution in [0.4, 0.5) is 0 Å². The van der Waals surface area contributed by atoms with Gasteiger partial charge in [0.1, 0.15) is 0 Å². The van der Waals surface area contributed by atoms with Crippen LogP contribution in [0.2, 0.25) is 0 Å². The smallest absolute Gasteiger partial charge is 0.248 e. The van der Waals surface area contributed by atoms with Crippen molar-refractivity contribution in [2.75, 3.05) is 0 Å². The molecule has 1 amide bonds. The molecule has 0 aliphatic carbocycles. The molecule has 10 heavy (non-hydrogen) atoms. The van der Waals surface area contributed by atoms with E-state index in [4.69, 9.17) is 5.73 Å². The first-order valence-corrected chi connectivity index (χ1v) is 3.14. The van der Waals surface area contributed by atoms with Gasteiger partial charge in [-0.3, -0.25) is 4.79 Å². The summed E-state index contributed by atoms with van der Waals surface area (Å²) in [5.74, 6) is -0.371. The molecule has 0 fully saturated rings. The van der Waals surface area contributed by atoms with Gasteiger partial charge in [0, 0.05) is 11.6 Å². The highest BCUT2D eigenvalue weighted by atomic mass is 16.1. The van der Waals surface area contributed by atoms with Crippen LogP contribution in [0.15, 0.2) is 23.9 Å². The molecule has 0 saturated carbocycles. The fraction of sp³-hybridized carbons (Fsp3) is 0.286. The van der Waals surface area contributed by atoms with Gasteiger partial charge in [0.2, 0.25) is 5.91 Å². The van der Waals surface area contributed by atoms with Gasteiger partial charge in [-0.2, -0.15) is 0 Å². The zero-order valence-corrected chi connectivity index (χ0v) is 5.79. The van der Waals surface area contributed by atoms with E-state index in [2.05, 4.69) is 5.32 Å². The van der Waals surface area contributed by atoms with Gasteiger partial charge in [0.15, 0.2) is 0 Å². The summed E-state index contributed by atoms with van der Waals surface area (Å²) in [6.07, 6.45) is 5.19. The van der Waals surface area contributed by atoms with E-state index in [1.165, 1.54) is 0 Å². The van der Waals surface area contributed by atoms with Gasteiger partial charge in [-0.05, 0) is 25.3 Å². The summed E-state index contributed by atoms with van der Waals surface area (Å²) >= 11 is 0. The average molecular weight is 138 g/mol. The number of carbonyl (C=O) groups excluding carboxylic acids is 1. The third-order valence-corrected chi connectivity index (χ3v) is 1.34. The molecule has 1 aliphatic rings. The molecule has 0 aromatic heterocycles. The standard InChI is InChI=1S/C7H10N2O/c1-5-4-6(7(8)10)2-3-9-5/h2-5,9H,1H3,(H2,8,10). The van der Waals surface area contributed by atoms with Crippen molar-refractivity contribution in [3.63, 3.8) is 0 Å². The second-order valence-electron chi connectivity index (χ2n) is 2.27. The first-order chi connectivity index (χ1) is 4.70. The Morgan fingerprint density at radius 1 is 1.80 bits per heavy atom. The molecule has 3 nitrogen and oxygen atoms in total. The third kappa shape index (κ3) is 1.37. The zero-order chi connectivity index (χ0) is 7.56. The van der Waals surface area contributed by atoms with Crippen LogP contribution in [-0.4, -0.2) is 11.9 Å². The van der Waals surface area contributed by atoms with Crippen LogP contribution in [0.3, 0.4) is 0 Å². The summed E-state index contributed by atoms with van der Waals surface area (Å²) in [6, 6.07) is 0.201. The molecule has 0 aromatic carbocycles. The van der Waals surface area contributed by atoms with E-state index in [0.717, 1.165) is 0 Å². The summed E-state index contributed by atoms with van der Waals surface area (Å²) in [5.41, 5.74) is 5.62. The summed E-state index contributed by atoms with van der Waals surface area (Å²) < 4.78 is 0. The average Bonchev–Trinajstić information content (AvgIpc) is 1.88. The first-order valence-electron chi connectivity index (χ1n) is 3.14. The monoisotopic (exact) mass is 138 g/mol. The minimum atomic E-state index is -0.371. The molecule has 0 radical (unpaired) electrons. The van der Waals surface area contributed by atoms with Gasteiger partial charge in [-0.25, -0.2) is 0 Å². The van der Waals surface area contributed by atoms with Crippen LogP contribution < -0.4 is 11.1 Å². The van der Waals surface area contributed by atoms with Crippen LogP contribution >= 0.6 is 0 Å². The fourth-order valence-corrected chi connectivity index (χ4v) is 0.827. The topological polar surface area (TPSA) is 55.1 Å². The molecule has 1 rings (SSSR count). The maximum absolute atomic E-state index is 10.6. The van der Waals surface area contributed by atoms with E-state index in [1.807, 2.05) is 6.92 Å². The van der Waals surface area contributed by atoms with Crippen molar-refractivity contribution in [1.82, 2.24) is 5.32 Å². The molecule has 0 bridgehead atoms. The molecule has 3 heteroatoms. The SMILES string of the molecule is CC1C=C(C(N)=O)C=CN1. The van der Waals surface area contributed by atoms with Gasteiger partial charge in [0.05, 0.1) is 0 Å². The van der Waals surface area contributed by atoms with E-state index < -0.39 is 0 Å². The van der Waals surface area contributed by atoms with Crippen LogP contribution in [0, 0.1) is 0 Å². The minimum Gasteiger partial charge on any atom is -0.385 e. The largest absolute Gasteiger partial charge is 0.385 e. The number of dihydropyridines is 1. The predicted molar refractivity (Wildman–Crippen MR) is 39.0 cm³/mol. The molecule has 0 aromatic rings. The van der Waals surface area contributed by atoms with Gasteiger partial charge >= 0.3 is 0 Å². The van der Waals surface area contributed by atoms with E-state index >= 15 is 0 Å². The Morgan fingerprint density at radius 3 is 2.90 bits per heavy atom. The summed E-state index contributed by atoms with van der Waals surface area (Å²) in [7, 11) is 0. The molecule has 1 aliphatic heterocycles. The van der Waals surface area contributed by atoms with Crippen LogP contribution in [0.5, 0.6) is 0 Å². The summed E-state index contributed by atoms with van der Waals surface area (Å²) in [6.45, 7) is 1.95. The van der Waals surface area contributed by atoms with Crippen LogP contribution in [-0.2, 0) is 4.79 Å². The molecule has 54 valence electrons. The van der Waals surface area contributed by atoms with Crippen molar-refractivity contribution in [3.05, 3.63) is 23.9 Å². The quantitative estimate of drug-likeness (QED) is 0.531. The van der Waals surface area contributed by atoms with Crippen LogP contribution in [0.25, 0.3) is 0 Å². The van der Waals surface area contributed by atoms with Crippen molar-refractivity contribution < 1.29 is 4.79 Å². The van der Waals surface area contributed by atoms with Gasteiger partial charge in [-0.1, -0.05) is 0 Å². The lowest BCUT2D eigenvalue weighted by Gasteiger charge is -2.11. The number of carbonyl (C=O) groups is 1. The second kappa shape index (κ2) is 2.56. The molecule has 1 atom stereocenters. The molecular weight excluding hydrogens is 128 g/mol. The van der Waals surface area contributed by atoms with Crippen molar-refractivity contribution >= 4 is 5.91 Å². The Bertz CT molecular complexity index is 206. The Balaban J connectivity index is 2.76. The van der Waals surface area contributed by atoms with E-state index in [1.54, 1.807) is 18.4 Å². The number of hydrogen-bond acceptors (Lipinski definition) is 2. The van der Waals surface area contributed by atoms with Crippen molar-refractivity contribution in [1.29, 1.82) is 0 Å². The Labute approximate surface area is 59.6 Å². The predicted octanol–water partition coefficient (Wildman–Crippen LogP) is -0.0965. The minimum absolute atomic E-state index is 0.201. The highest BCUT2D eigenvalue weighted by molar-refractivity contribution is 5.95. The number of nitrogens with one attached hydrogen (secondary N) is 1. The Kier molecular flexibility index (Phi) is 1.76. The highest BCUT2D eigenvalue weighted by Crippen LogP contribution is 2.02. The lowest BCUT2D eigenvalue weighted by molar-refractivity contribution is -0.114. The summed E-state index contributed by atoms with van der Waals surface area (Å²) in [4.78, 5) is 10.6. The van der Waals surface area contributed by atoms with E-state index in [-0.39, 0.29) is 11.9 Å². The maximum Gasteiger partial charge on any atom is 0.248 e. The molecule has 3 N–H and O–H groups in total. The van der Waals surface area contributed by atoms with Crippen molar-refractivity contribution in [2.45, 2.75) is 13.0 Å². The van der Waals surface area contributed by atoms with Crippen molar-refractivity contribution in [3.8, 4) is 0 Å². The van der Waals surface area contributed by atoms with E-state index in [9.17, 15) is 4.79 Å². The number of primary amides is 1. The lowest BCUT2D eigenvalue weighted by atomic mass is 10.1. The zero-order valence-electron chi connectivity index (χ0n) is 5.79. The third-order valence-electron chi connectivity index (χ3n) is 1.34. The van der Waals surface area contributed by atoms with Crippen molar-refractivity contribution in [2.24, 2.45) is 5.73 Å². The molecular formula is C7H10N2O. The second-order valence-corrected chi connectivity index (χ2v) is 2.27. The Hall–Kier alpha value is -1.25. The number of nitrogens with two attached hydrogens (primary N) is 1. The van der Waals surface area contributed by atoms with Crippen LogP contribution in [0.1, 0.15) is 6.92 Å². The normalized spacial score (nSPS) is 23.3. The molecule has 1 heterocycles. The maximum atomic E-state index is 10.6. The first kappa shape index (κ1) is 6.86. The van der Waals surface area contributed by atoms with E-state index in [0.29, 0.717) is 5.57 Å². The van der Waals surface area contributed by atoms with Gasteiger partial charge < -0.3 is 11.1 Å². The number of amides is 1. The molecule has 0 spiro atoms. The van der Waals surface area contributed by atoms with Gasteiger partial charge in [-0.15, -0.1) is 0 Å². The Morgan fingerprint density at radius 2 is 2.50 bits per heavy atom. The summed E-state index contributed by atoms with van der Waals surface area (Å²) in [5, 5.41) is 3.00.